The lowest BCUT2D eigenvalue weighted by atomic mass is 9.81. The van der Waals surface area contributed by atoms with Gasteiger partial charge in [0.25, 0.3) is 0 Å². The monoisotopic (exact) mass is 438 g/mol. The van der Waals surface area contributed by atoms with Crippen molar-refractivity contribution in [2.45, 2.75) is 45.1 Å². The Morgan fingerprint density at radius 3 is 1.94 bits per heavy atom. The molecule has 0 N–H and O–H groups in total. The molecule has 5 rings (SSSR count). The Labute approximate surface area is 190 Å². The fourth-order valence-corrected chi connectivity index (χ4v) is 5.60. The molecular formula is C25H34N4O3. The van der Waals surface area contributed by atoms with E-state index >= 15 is 0 Å². The number of carbonyl (C=O) groups is 3. The lowest BCUT2D eigenvalue weighted by Gasteiger charge is -2.40. The van der Waals surface area contributed by atoms with Crippen LogP contribution in [0.4, 0.5) is 10.5 Å². The topological polar surface area (TPSA) is 64.2 Å². The first kappa shape index (κ1) is 21.3. The van der Waals surface area contributed by atoms with E-state index in [1.807, 2.05) is 39.9 Å². The number of nitrogens with zero attached hydrogens (tertiary/aromatic N) is 4. The van der Waals surface area contributed by atoms with E-state index in [0.717, 1.165) is 50.8 Å². The van der Waals surface area contributed by atoms with Crippen LogP contribution in [0.25, 0.3) is 0 Å². The highest BCUT2D eigenvalue weighted by Gasteiger charge is 2.37. The summed E-state index contributed by atoms with van der Waals surface area (Å²) in [6, 6.07) is 8.17. The highest BCUT2D eigenvalue weighted by Crippen LogP contribution is 2.34. The summed E-state index contributed by atoms with van der Waals surface area (Å²) in [4.78, 5) is 45.8. The van der Waals surface area contributed by atoms with Gasteiger partial charge in [-0.15, -0.1) is 0 Å². The van der Waals surface area contributed by atoms with Crippen molar-refractivity contribution in [1.29, 1.82) is 0 Å². The van der Waals surface area contributed by atoms with Crippen molar-refractivity contribution in [3.63, 3.8) is 0 Å². The first-order chi connectivity index (χ1) is 15.5. The van der Waals surface area contributed by atoms with Gasteiger partial charge < -0.3 is 14.7 Å². The van der Waals surface area contributed by atoms with Crippen molar-refractivity contribution in [1.82, 2.24) is 14.7 Å². The van der Waals surface area contributed by atoms with Crippen molar-refractivity contribution in [3.8, 4) is 0 Å². The maximum Gasteiger partial charge on any atom is 0.324 e. The van der Waals surface area contributed by atoms with Gasteiger partial charge in [-0.3, -0.25) is 14.5 Å². The summed E-state index contributed by atoms with van der Waals surface area (Å²) in [6.45, 7) is 4.14. The van der Waals surface area contributed by atoms with Crippen molar-refractivity contribution < 1.29 is 14.4 Å². The van der Waals surface area contributed by atoms with E-state index in [4.69, 9.17) is 0 Å². The molecule has 2 saturated carbocycles. The van der Waals surface area contributed by atoms with Crippen LogP contribution in [0.3, 0.4) is 0 Å². The molecule has 2 aliphatic heterocycles. The lowest BCUT2D eigenvalue weighted by molar-refractivity contribution is -0.143. The number of amides is 4. The standard InChI is InChI=1S/C25H34N4O3/c1-26-22-5-3-2-4-21(22)17-29(25(26)32)16-18-6-8-19(9-7-18)23(30)27-12-14-28(15-13-27)24(31)20-10-11-20/h2-5,18-20H,6-17H2,1H3. The molecule has 0 spiro atoms. The van der Waals surface area contributed by atoms with E-state index < -0.39 is 0 Å². The van der Waals surface area contributed by atoms with E-state index in [0.29, 0.717) is 38.6 Å². The van der Waals surface area contributed by atoms with Gasteiger partial charge in [-0.2, -0.15) is 0 Å². The quantitative estimate of drug-likeness (QED) is 0.726. The van der Waals surface area contributed by atoms with Gasteiger partial charge in [-0.1, -0.05) is 18.2 Å². The third-order valence-electron chi connectivity index (χ3n) is 7.78. The molecule has 1 aromatic carbocycles. The summed E-state index contributed by atoms with van der Waals surface area (Å²) < 4.78 is 0. The number of para-hydroxylation sites is 1. The second kappa shape index (κ2) is 8.75. The Morgan fingerprint density at radius 2 is 1.38 bits per heavy atom. The first-order valence-electron chi connectivity index (χ1n) is 12.2. The number of rotatable bonds is 4. The second-order valence-corrected chi connectivity index (χ2v) is 9.99. The number of anilines is 1. The van der Waals surface area contributed by atoms with Gasteiger partial charge in [-0.25, -0.2) is 4.79 Å². The minimum atomic E-state index is 0.0699. The normalized spacial score (nSPS) is 26.2. The Balaban J connectivity index is 1.10. The third-order valence-corrected chi connectivity index (χ3v) is 7.78. The summed E-state index contributed by atoms with van der Waals surface area (Å²) in [6.07, 6.45) is 5.86. The molecule has 7 nitrogen and oxygen atoms in total. The molecule has 2 heterocycles. The van der Waals surface area contributed by atoms with Gasteiger partial charge in [0.05, 0.1) is 5.69 Å². The largest absolute Gasteiger partial charge is 0.339 e. The molecule has 0 radical (unpaired) electrons. The lowest BCUT2D eigenvalue weighted by Crippen LogP contribution is -2.52. The third kappa shape index (κ3) is 4.21. The van der Waals surface area contributed by atoms with Gasteiger partial charge >= 0.3 is 6.03 Å². The molecule has 1 aromatic rings. The molecule has 0 unspecified atom stereocenters. The average molecular weight is 439 g/mol. The Bertz CT molecular complexity index is 883. The summed E-state index contributed by atoms with van der Waals surface area (Å²) >= 11 is 0. The SMILES string of the molecule is CN1C(=O)N(CC2CCC(C(=O)N3CCN(C(=O)C4CC4)CC3)CC2)Cc2ccccc21. The zero-order valence-electron chi connectivity index (χ0n) is 19.0. The molecule has 32 heavy (non-hydrogen) atoms. The van der Waals surface area contributed by atoms with E-state index in [-0.39, 0.29) is 29.7 Å². The number of hydrogen-bond donors (Lipinski definition) is 0. The highest BCUT2D eigenvalue weighted by molar-refractivity contribution is 5.94. The van der Waals surface area contributed by atoms with Crippen LogP contribution in [0.2, 0.25) is 0 Å². The maximum absolute atomic E-state index is 13.1. The molecule has 0 atom stereocenters. The van der Waals surface area contributed by atoms with Crippen LogP contribution in [0, 0.1) is 17.8 Å². The summed E-state index contributed by atoms with van der Waals surface area (Å²) in [5.41, 5.74) is 2.19. The van der Waals surface area contributed by atoms with Gasteiger partial charge in [0.2, 0.25) is 11.8 Å². The predicted octanol–water partition coefficient (Wildman–Crippen LogP) is 2.95. The van der Waals surface area contributed by atoms with Crippen molar-refractivity contribution >= 4 is 23.5 Å². The molecular weight excluding hydrogens is 404 g/mol. The zero-order valence-corrected chi connectivity index (χ0v) is 19.0. The Hall–Kier alpha value is -2.57. The Kier molecular flexibility index (Phi) is 5.82. The molecule has 3 fully saturated rings. The number of benzene rings is 1. The summed E-state index contributed by atoms with van der Waals surface area (Å²) in [5.74, 6) is 1.36. The molecule has 172 valence electrons. The van der Waals surface area contributed by atoms with Gasteiger partial charge in [0, 0.05) is 58.2 Å². The van der Waals surface area contributed by atoms with Crippen LogP contribution in [0.1, 0.15) is 44.1 Å². The van der Waals surface area contributed by atoms with E-state index in [1.54, 1.807) is 4.90 Å². The summed E-state index contributed by atoms with van der Waals surface area (Å²) in [5, 5.41) is 0. The van der Waals surface area contributed by atoms with Crippen LogP contribution in [-0.4, -0.2) is 72.3 Å². The van der Waals surface area contributed by atoms with Crippen LogP contribution < -0.4 is 4.90 Å². The van der Waals surface area contributed by atoms with E-state index in [9.17, 15) is 14.4 Å². The number of urea groups is 1. The molecule has 4 aliphatic rings. The van der Waals surface area contributed by atoms with Gasteiger partial charge in [0.15, 0.2) is 0 Å². The molecule has 0 aromatic heterocycles. The number of carbonyl (C=O) groups excluding carboxylic acids is 3. The Morgan fingerprint density at radius 1 is 0.844 bits per heavy atom. The highest BCUT2D eigenvalue weighted by atomic mass is 16.2. The minimum Gasteiger partial charge on any atom is -0.339 e. The van der Waals surface area contributed by atoms with Crippen molar-refractivity contribution in [3.05, 3.63) is 29.8 Å². The van der Waals surface area contributed by atoms with E-state index in [1.165, 1.54) is 5.56 Å². The van der Waals surface area contributed by atoms with Gasteiger partial charge in [0.1, 0.15) is 0 Å². The zero-order chi connectivity index (χ0) is 22.2. The maximum atomic E-state index is 13.1. The number of hydrogen-bond acceptors (Lipinski definition) is 3. The molecule has 0 bridgehead atoms. The van der Waals surface area contributed by atoms with Crippen molar-refractivity contribution in [2.75, 3.05) is 44.7 Å². The molecule has 1 saturated heterocycles. The van der Waals surface area contributed by atoms with Crippen LogP contribution in [0.5, 0.6) is 0 Å². The molecule has 4 amide bonds. The number of fused-ring (bicyclic) bond motifs is 1. The summed E-state index contributed by atoms with van der Waals surface area (Å²) in [7, 11) is 1.85. The fourth-order valence-electron chi connectivity index (χ4n) is 5.60. The number of piperazine rings is 1. The molecule has 7 heteroatoms. The average Bonchev–Trinajstić information content (AvgIpc) is 3.68. The fraction of sp³-hybridized carbons (Fsp3) is 0.640. The second-order valence-electron chi connectivity index (χ2n) is 9.99. The van der Waals surface area contributed by atoms with Crippen molar-refractivity contribution in [2.24, 2.45) is 17.8 Å². The van der Waals surface area contributed by atoms with Crippen LogP contribution in [-0.2, 0) is 16.1 Å². The van der Waals surface area contributed by atoms with Crippen LogP contribution in [0.15, 0.2) is 24.3 Å². The predicted molar refractivity (Wildman–Crippen MR) is 122 cm³/mol. The molecule has 2 aliphatic carbocycles. The van der Waals surface area contributed by atoms with Gasteiger partial charge in [-0.05, 0) is 56.1 Å². The minimum absolute atomic E-state index is 0.0699. The smallest absolute Gasteiger partial charge is 0.324 e. The first-order valence-corrected chi connectivity index (χ1v) is 12.2. The van der Waals surface area contributed by atoms with E-state index in [2.05, 4.69) is 6.07 Å². The van der Waals surface area contributed by atoms with Crippen LogP contribution >= 0.6 is 0 Å².